The third-order valence-corrected chi connectivity index (χ3v) is 3.75. The van der Waals surface area contributed by atoms with Gasteiger partial charge in [0.2, 0.25) is 0 Å². The fourth-order valence-corrected chi connectivity index (χ4v) is 2.66. The summed E-state index contributed by atoms with van der Waals surface area (Å²) < 4.78 is 1.57. The molecule has 0 spiro atoms. The normalized spacial score (nSPS) is 10.7. The Labute approximate surface area is 124 Å². The summed E-state index contributed by atoms with van der Waals surface area (Å²) in [6.45, 7) is 0. The number of aromatic nitrogens is 3. The molecule has 106 valence electrons. The summed E-state index contributed by atoms with van der Waals surface area (Å²) in [7, 11) is 0. The third kappa shape index (κ3) is 3.32. The molecule has 21 heavy (non-hydrogen) atoms. The molecule has 0 unspecified atom stereocenters. The molecule has 0 saturated carbocycles. The van der Waals surface area contributed by atoms with E-state index in [4.69, 9.17) is 5.11 Å². The zero-order valence-electron chi connectivity index (χ0n) is 10.9. The molecule has 2 aromatic heterocycles. The monoisotopic (exact) mass is 300 g/mol. The Morgan fingerprint density at radius 1 is 1.24 bits per heavy atom. The van der Waals surface area contributed by atoms with Gasteiger partial charge < -0.3 is 5.11 Å². The van der Waals surface area contributed by atoms with Gasteiger partial charge in [0.15, 0.2) is 11.5 Å². The summed E-state index contributed by atoms with van der Waals surface area (Å²) in [4.78, 5) is 14.7. The largest absolute Gasteiger partial charge is 0.465 e. The second kappa shape index (κ2) is 5.84. The van der Waals surface area contributed by atoms with Crippen molar-refractivity contribution in [1.82, 2.24) is 14.6 Å². The van der Waals surface area contributed by atoms with E-state index in [9.17, 15) is 4.79 Å². The predicted octanol–water partition coefficient (Wildman–Crippen LogP) is 3.11. The van der Waals surface area contributed by atoms with Crippen molar-refractivity contribution < 1.29 is 9.90 Å². The van der Waals surface area contributed by atoms with Crippen LogP contribution in [0.3, 0.4) is 0 Å². The molecule has 0 radical (unpaired) electrons. The van der Waals surface area contributed by atoms with Crippen molar-refractivity contribution in [3.8, 4) is 0 Å². The maximum atomic E-state index is 10.6. The number of carboxylic acid groups (broad SMARTS) is 1. The molecule has 2 heterocycles. The molecular formula is C14H12N4O2S. The molecule has 7 heteroatoms. The van der Waals surface area contributed by atoms with E-state index in [1.807, 2.05) is 30.3 Å². The van der Waals surface area contributed by atoms with Gasteiger partial charge in [0.05, 0.1) is 6.20 Å². The number of rotatable bonds is 4. The van der Waals surface area contributed by atoms with Gasteiger partial charge in [-0.25, -0.2) is 14.3 Å². The number of nitrogens with zero attached hydrogens (tertiary/aromatic N) is 3. The fraction of sp³-hybridized carbons (Fsp3) is 0.0714. The van der Waals surface area contributed by atoms with Crippen molar-refractivity contribution in [2.75, 3.05) is 5.32 Å². The van der Waals surface area contributed by atoms with Crippen molar-refractivity contribution in [3.63, 3.8) is 0 Å². The van der Waals surface area contributed by atoms with Crippen molar-refractivity contribution in [2.45, 2.75) is 10.8 Å². The first-order chi connectivity index (χ1) is 10.2. The van der Waals surface area contributed by atoms with Gasteiger partial charge >= 0.3 is 6.09 Å². The van der Waals surface area contributed by atoms with Crippen molar-refractivity contribution in [1.29, 1.82) is 0 Å². The van der Waals surface area contributed by atoms with Crippen molar-refractivity contribution >= 4 is 29.3 Å². The van der Waals surface area contributed by atoms with Gasteiger partial charge in [-0.1, -0.05) is 42.1 Å². The Morgan fingerprint density at radius 3 is 2.81 bits per heavy atom. The van der Waals surface area contributed by atoms with E-state index in [1.54, 1.807) is 22.5 Å². The van der Waals surface area contributed by atoms with Crippen molar-refractivity contribution in [3.05, 3.63) is 54.2 Å². The highest BCUT2D eigenvalue weighted by molar-refractivity contribution is 7.98. The lowest BCUT2D eigenvalue weighted by atomic mass is 10.2. The molecule has 1 aromatic carbocycles. The minimum Gasteiger partial charge on any atom is -0.465 e. The number of hydrogen-bond donors (Lipinski definition) is 2. The minimum atomic E-state index is -1.14. The SMILES string of the molecule is O=C(O)Nc1cn2nc(SCc3ccccc3)ccc2n1. The second-order valence-corrected chi connectivity index (χ2v) is 5.30. The van der Waals surface area contributed by atoms with Crippen LogP contribution in [0.25, 0.3) is 5.65 Å². The van der Waals surface area contributed by atoms with Crippen LogP contribution in [-0.2, 0) is 5.75 Å². The minimum absolute atomic E-state index is 0.264. The molecule has 0 fully saturated rings. The second-order valence-electron chi connectivity index (χ2n) is 4.30. The molecule has 3 rings (SSSR count). The fourth-order valence-electron chi connectivity index (χ4n) is 1.84. The van der Waals surface area contributed by atoms with Crippen LogP contribution in [0.1, 0.15) is 5.56 Å². The number of benzene rings is 1. The molecule has 6 nitrogen and oxygen atoms in total. The van der Waals surface area contributed by atoms with Crippen molar-refractivity contribution in [2.24, 2.45) is 0 Å². The predicted molar refractivity (Wildman–Crippen MR) is 80.6 cm³/mol. The molecule has 0 aliphatic heterocycles. The number of fused-ring (bicyclic) bond motifs is 1. The zero-order chi connectivity index (χ0) is 14.7. The Morgan fingerprint density at radius 2 is 2.05 bits per heavy atom. The molecule has 0 atom stereocenters. The molecule has 0 aliphatic carbocycles. The maximum absolute atomic E-state index is 10.6. The summed E-state index contributed by atoms with van der Waals surface area (Å²) in [6, 6.07) is 13.8. The third-order valence-electron chi connectivity index (χ3n) is 2.76. The summed E-state index contributed by atoms with van der Waals surface area (Å²) >= 11 is 1.62. The highest BCUT2D eigenvalue weighted by Crippen LogP contribution is 2.21. The molecule has 3 aromatic rings. The van der Waals surface area contributed by atoms with Crippen LogP contribution in [0, 0.1) is 0 Å². The molecule has 0 bridgehead atoms. The van der Waals surface area contributed by atoms with E-state index in [0.717, 1.165) is 10.8 Å². The van der Waals surface area contributed by atoms with E-state index in [0.29, 0.717) is 5.65 Å². The lowest BCUT2D eigenvalue weighted by Gasteiger charge is -2.01. The van der Waals surface area contributed by atoms with E-state index in [2.05, 4.69) is 27.5 Å². The van der Waals surface area contributed by atoms with Gasteiger partial charge in [-0.2, -0.15) is 5.10 Å². The Bertz CT molecular complexity index is 773. The number of thioether (sulfide) groups is 1. The summed E-state index contributed by atoms with van der Waals surface area (Å²) in [6.07, 6.45) is 0.410. The maximum Gasteiger partial charge on any atom is 0.410 e. The van der Waals surface area contributed by atoms with Gasteiger partial charge in [0, 0.05) is 5.75 Å². The van der Waals surface area contributed by atoms with Gasteiger partial charge in [0.25, 0.3) is 0 Å². The van der Waals surface area contributed by atoms with Gasteiger partial charge in [-0.15, -0.1) is 0 Å². The Hall–Kier alpha value is -2.54. The van der Waals surface area contributed by atoms with Crippen LogP contribution in [0.15, 0.2) is 53.7 Å². The number of imidazole rings is 1. The molecule has 0 saturated heterocycles. The summed E-state index contributed by atoms with van der Waals surface area (Å²) in [5.41, 5.74) is 1.83. The smallest absolute Gasteiger partial charge is 0.410 e. The van der Waals surface area contributed by atoms with Crippen LogP contribution < -0.4 is 5.32 Å². The van der Waals surface area contributed by atoms with E-state index in [1.165, 1.54) is 5.56 Å². The van der Waals surface area contributed by atoms with Gasteiger partial charge in [-0.05, 0) is 17.7 Å². The molecule has 2 N–H and O–H groups in total. The first-order valence-corrected chi connectivity index (χ1v) is 7.22. The lowest BCUT2D eigenvalue weighted by molar-refractivity contribution is 0.209. The lowest BCUT2D eigenvalue weighted by Crippen LogP contribution is -2.07. The van der Waals surface area contributed by atoms with E-state index < -0.39 is 6.09 Å². The van der Waals surface area contributed by atoms with Gasteiger partial charge in [0.1, 0.15) is 5.03 Å². The number of carbonyl (C=O) groups is 1. The number of hydrogen-bond acceptors (Lipinski definition) is 4. The first-order valence-electron chi connectivity index (χ1n) is 6.24. The highest BCUT2D eigenvalue weighted by Gasteiger charge is 2.06. The Kier molecular flexibility index (Phi) is 3.74. The Balaban J connectivity index is 1.76. The number of amides is 1. The van der Waals surface area contributed by atoms with E-state index in [-0.39, 0.29) is 5.82 Å². The zero-order valence-corrected chi connectivity index (χ0v) is 11.7. The highest BCUT2D eigenvalue weighted by atomic mass is 32.2. The molecular weight excluding hydrogens is 288 g/mol. The van der Waals surface area contributed by atoms with E-state index >= 15 is 0 Å². The summed E-state index contributed by atoms with van der Waals surface area (Å²) in [5, 5.41) is 16.1. The quantitative estimate of drug-likeness (QED) is 0.724. The number of nitrogens with one attached hydrogen (secondary N) is 1. The van der Waals surface area contributed by atoms with Crippen LogP contribution >= 0.6 is 11.8 Å². The average molecular weight is 300 g/mol. The van der Waals surface area contributed by atoms with Crippen LogP contribution in [0.5, 0.6) is 0 Å². The topological polar surface area (TPSA) is 79.5 Å². The molecule has 1 amide bonds. The van der Waals surface area contributed by atoms with Crippen LogP contribution in [-0.4, -0.2) is 25.8 Å². The number of anilines is 1. The standard InChI is InChI=1S/C14H12N4O2S/c19-14(20)16-11-8-18-12(15-11)6-7-13(17-18)21-9-10-4-2-1-3-5-10/h1-8,16H,9H2,(H,19,20). The first kappa shape index (κ1) is 13.4. The summed E-state index contributed by atoms with van der Waals surface area (Å²) in [5.74, 6) is 1.09. The average Bonchev–Trinajstić information content (AvgIpc) is 2.86. The van der Waals surface area contributed by atoms with Crippen LogP contribution in [0.2, 0.25) is 0 Å². The van der Waals surface area contributed by atoms with Crippen LogP contribution in [0.4, 0.5) is 10.6 Å². The molecule has 0 aliphatic rings. The van der Waals surface area contributed by atoms with Gasteiger partial charge in [-0.3, -0.25) is 5.32 Å².